The molecule has 1 aromatic rings. The lowest BCUT2D eigenvalue weighted by Crippen LogP contribution is -2.46. The minimum atomic E-state index is 0.00422. The number of likely N-dealkylation sites (tertiary alicyclic amines) is 1. The van der Waals surface area contributed by atoms with Gasteiger partial charge in [-0.15, -0.1) is 0 Å². The van der Waals surface area contributed by atoms with Crippen LogP contribution in [0, 0.1) is 5.92 Å². The Morgan fingerprint density at radius 3 is 2.72 bits per heavy atom. The van der Waals surface area contributed by atoms with Gasteiger partial charge < -0.3 is 5.32 Å². The van der Waals surface area contributed by atoms with Crippen molar-refractivity contribution >= 4 is 17.3 Å². The van der Waals surface area contributed by atoms with Gasteiger partial charge in [-0.25, -0.2) is 0 Å². The number of anilines is 1. The van der Waals surface area contributed by atoms with Crippen molar-refractivity contribution in [3.63, 3.8) is 0 Å². The van der Waals surface area contributed by atoms with Crippen molar-refractivity contribution in [1.82, 2.24) is 10.2 Å². The Morgan fingerprint density at radius 1 is 1.32 bits per heavy atom. The molecule has 2 aliphatic rings. The van der Waals surface area contributed by atoms with Crippen LogP contribution in [0.25, 0.3) is 0 Å². The van der Waals surface area contributed by atoms with Gasteiger partial charge in [0.05, 0.1) is 5.69 Å². The van der Waals surface area contributed by atoms with E-state index in [1.165, 1.54) is 12.8 Å². The maximum absolute atomic E-state index is 12.4. The quantitative estimate of drug-likeness (QED) is 0.894. The number of nitrogens with one attached hydrogen (secondary N) is 1. The molecular weight excluding hydrogens is 312 g/mol. The molecule has 136 valence electrons. The van der Waals surface area contributed by atoms with Crippen LogP contribution in [-0.4, -0.2) is 48.7 Å². The average molecular weight is 342 g/mol. The van der Waals surface area contributed by atoms with Crippen molar-refractivity contribution in [1.29, 1.82) is 0 Å². The SMILES string of the molecule is CC1=NN(c2ccc(C(=O)NC[C@@H](C)N3CCC[C@H](C)C3)cc2)CC1. The summed E-state index contributed by atoms with van der Waals surface area (Å²) in [5.74, 6) is 0.765. The van der Waals surface area contributed by atoms with Crippen LogP contribution in [0.3, 0.4) is 0 Å². The van der Waals surface area contributed by atoms with Gasteiger partial charge in [-0.05, 0) is 63.4 Å². The Morgan fingerprint density at radius 2 is 2.08 bits per heavy atom. The van der Waals surface area contributed by atoms with Crippen molar-refractivity contribution in [3.8, 4) is 0 Å². The number of carbonyl (C=O) groups excluding carboxylic acids is 1. The molecule has 1 fully saturated rings. The second-order valence-electron chi connectivity index (χ2n) is 7.56. The zero-order valence-electron chi connectivity index (χ0n) is 15.7. The third kappa shape index (κ3) is 4.60. The van der Waals surface area contributed by atoms with Gasteiger partial charge in [0.1, 0.15) is 0 Å². The fraction of sp³-hybridized carbons (Fsp3) is 0.600. The maximum Gasteiger partial charge on any atom is 0.251 e. The van der Waals surface area contributed by atoms with Crippen molar-refractivity contribution in [3.05, 3.63) is 29.8 Å². The molecule has 0 saturated carbocycles. The van der Waals surface area contributed by atoms with Crippen LogP contribution in [0.2, 0.25) is 0 Å². The highest BCUT2D eigenvalue weighted by molar-refractivity contribution is 5.94. The predicted molar refractivity (Wildman–Crippen MR) is 103 cm³/mol. The van der Waals surface area contributed by atoms with Crippen LogP contribution < -0.4 is 10.3 Å². The summed E-state index contributed by atoms with van der Waals surface area (Å²) >= 11 is 0. The third-order valence-electron chi connectivity index (χ3n) is 5.27. The normalized spacial score (nSPS) is 22.6. The number of amides is 1. The van der Waals surface area contributed by atoms with Gasteiger partial charge in [0, 0.05) is 43.4 Å². The number of rotatable bonds is 5. The first-order valence-electron chi connectivity index (χ1n) is 9.47. The molecule has 2 atom stereocenters. The molecule has 25 heavy (non-hydrogen) atoms. The van der Waals surface area contributed by atoms with E-state index in [2.05, 4.69) is 29.2 Å². The van der Waals surface area contributed by atoms with Crippen molar-refractivity contribution < 1.29 is 4.79 Å². The Balaban J connectivity index is 1.51. The number of carbonyl (C=O) groups is 1. The van der Waals surface area contributed by atoms with Crippen LogP contribution >= 0.6 is 0 Å². The Bertz CT molecular complexity index is 625. The lowest BCUT2D eigenvalue weighted by Gasteiger charge is -2.35. The molecule has 5 heteroatoms. The number of hydrazone groups is 1. The number of hydrogen-bond donors (Lipinski definition) is 1. The Hall–Kier alpha value is -1.88. The highest BCUT2D eigenvalue weighted by atomic mass is 16.1. The van der Waals surface area contributed by atoms with Crippen LogP contribution in [0.5, 0.6) is 0 Å². The minimum absolute atomic E-state index is 0.00422. The summed E-state index contributed by atoms with van der Waals surface area (Å²) in [5.41, 5.74) is 2.91. The first-order valence-corrected chi connectivity index (χ1v) is 9.47. The van der Waals surface area contributed by atoms with Gasteiger partial charge >= 0.3 is 0 Å². The molecule has 0 radical (unpaired) electrons. The monoisotopic (exact) mass is 342 g/mol. The van der Waals surface area contributed by atoms with Crippen LogP contribution in [0.1, 0.15) is 50.4 Å². The van der Waals surface area contributed by atoms with Gasteiger partial charge in [0.25, 0.3) is 5.91 Å². The first-order chi connectivity index (χ1) is 12.0. The molecule has 1 N–H and O–H groups in total. The summed E-state index contributed by atoms with van der Waals surface area (Å²) < 4.78 is 0. The number of hydrogen-bond acceptors (Lipinski definition) is 4. The lowest BCUT2D eigenvalue weighted by atomic mass is 9.99. The summed E-state index contributed by atoms with van der Waals surface area (Å²) in [5, 5.41) is 9.58. The van der Waals surface area contributed by atoms with E-state index >= 15 is 0 Å². The minimum Gasteiger partial charge on any atom is -0.350 e. The largest absolute Gasteiger partial charge is 0.350 e. The van der Waals surface area contributed by atoms with Gasteiger partial charge in [-0.2, -0.15) is 5.10 Å². The second-order valence-corrected chi connectivity index (χ2v) is 7.56. The molecule has 0 spiro atoms. The van der Waals surface area contributed by atoms with Gasteiger partial charge in [-0.1, -0.05) is 6.92 Å². The number of benzene rings is 1. The molecule has 0 unspecified atom stereocenters. The third-order valence-corrected chi connectivity index (χ3v) is 5.27. The van der Waals surface area contributed by atoms with Gasteiger partial charge in [0.15, 0.2) is 0 Å². The van der Waals surface area contributed by atoms with E-state index in [-0.39, 0.29) is 5.91 Å². The molecular formula is C20H30N4O. The molecule has 1 saturated heterocycles. The topological polar surface area (TPSA) is 47.9 Å². The van der Waals surface area contributed by atoms with Crippen LogP contribution in [0.4, 0.5) is 5.69 Å². The smallest absolute Gasteiger partial charge is 0.251 e. The molecule has 0 bridgehead atoms. The number of piperidine rings is 1. The molecule has 5 nitrogen and oxygen atoms in total. The molecule has 3 rings (SSSR count). The molecule has 0 aromatic heterocycles. The van der Waals surface area contributed by atoms with Gasteiger partial charge in [0.2, 0.25) is 0 Å². The fourth-order valence-corrected chi connectivity index (χ4v) is 3.64. The Kier molecular flexibility index (Phi) is 5.74. The second kappa shape index (κ2) is 8.00. The van der Waals surface area contributed by atoms with Crippen molar-refractivity contribution in [2.24, 2.45) is 11.0 Å². The molecule has 2 aliphatic heterocycles. The molecule has 0 aliphatic carbocycles. The van der Waals surface area contributed by atoms with E-state index in [0.717, 1.165) is 43.4 Å². The van der Waals surface area contributed by atoms with E-state index in [9.17, 15) is 4.79 Å². The summed E-state index contributed by atoms with van der Waals surface area (Å²) in [7, 11) is 0. The van der Waals surface area contributed by atoms with Crippen molar-refractivity contribution in [2.75, 3.05) is 31.2 Å². The lowest BCUT2D eigenvalue weighted by molar-refractivity contribution is 0.0917. The Labute approximate surface area is 151 Å². The molecule has 1 amide bonds. The van der Waals surface area contributed by atoms with E-state index in [1.807, 2.05) is 36.2 Å². The summed E-state index contributed by atoms with van der Waals surface area (Å²) in [6.07, 6.45) is 3.59. The maximum atomic E-state index is 12.4. The number of nitrogens with zero attached hydrogens (tertiary/aromatic N) is 3. The predicted octanol–water partition coefficient (Wildman–Crippen LogP) is 3.12. The summed E-state index contributed by atoms with van der Waals surface area (Å²) in [6, 6.07) is 8.12. The summed E-state index contributed by atoms with van der Waals surface area (Å²) in [4.78, 5) is 14.9. The molecule has 2 heterocycles. The molecule has 1 aromatic carbocycles. The summed E-state index contributed by atoms with van der Waals surface area (Å²) in [6.45, 7) is 10.5. The fourth-order valence-electron chi connectivity index (χ4n) is 3.64. The van der Waals surface area contributed by atoms with E-state index < -0.39 is 0 Å². The van der Waals surface area contributed by atoms with E-state index in [0.29, 0.717) is 18.2 Å². The zero-order valence-corrected chi connectivity index (χ0v) is 15.7. The van der Waals surface area contributed by atoms with Crippen molar-refractivity contribution in [2.45, 2.75) is 46.1 Å². The van der Waals surface area contributed by atoms with Gasteiger partial charge in [-0.3, -0.25) is 14.7 Å². The van der Waals surface area contributed by atoms with E-state index in [1.54, 1.807) is 0 Å². The highest BCUT2D eigenvalue weighted by Gasteiger charge is 2.21. The van der Waals surface area contributed by atoms with Crippen LogP contribution in [-0.2, 0) is 0 Å². The zero-order chi connectivity index (χ0) is 17.8. The average Bonchev–Trinajstić information content (AvgIpc) is 3.06. The highest BCUT2D eigenvalue weighted by Crippen LogP contribution is 2.20. The van der Waals surface area contributed by atoms with E-state index in [4.69, 9.17) is 0 Å². The standard InChI is InChI=1S/C20H30N4O/c1-15-5-4-11-23(14-15)17(3)13-21-20(25)18-6-8-19(9-7-18)24-12-10-16(2)22-24/h6-9,15,17H,4-5,10-14H2,1-3H3,(H,21,25)/t15-,17+/m0/s1. The van der Waals surface area contributed by atoms with Crippen LogP contribution in [0.15, 0.2) is 29.4 Å². The first kappa shape index (κ1) is 17.9.